The van der Waals surface area contributed by atoms with Crippen LogP contribution in [0.2, 0.25) is 0 Å². The molecular weight excluding hydrogens is 414 g/mol. The Morgan fingerprint density at radius 1 is 1.03 bits per heavy atom. The Kier molecular flexibility index (Phi) is 6.99. The number of ketones is 1. The molecule has 1 spiro atoms. The van der Waals surface area contributed by atoms with Crippen molar-refractivity contribution in [2.75, 3.05) is 26.2 Å². The van der Waals surface area contributed by atoms with Gasteiger partial charge < -0.3 is 15.1 Å². The van der Waals surface area contributed by atoms with Gasteiger partial charge in [0, 0.05) is 33.1 Å². The van der Waals surface area contributed by atoms with E-state index in [1.807, 2.05) is 16.7 Å². The summed E-state index contributed by atoms with van der Waals surface area (Å²) in [5.41, 5.74) is 0.880. The van der Waals surface area contributed by atoms with Crippen molar-refractivity contribution in [1.29, 1.82) is 0 Å². The first-order chi connectivity index (χ1) is 14.6. The van der Waals surface area contributed by atoms with E-state index in [2.05, 4.69) is 11.9 Å². The number of carbonyl (C=O) groups is 4. The molecule has 3 heterocycles. The lowest BCUT2D eigenvalue weighted by Gasteiger charge is -2.39. The van der Waals surface area contributed by atoms with Crippen LogP contribution in [0.5, 0.6) is 0 Å². The average molecular weight is 446 g/mol. The predicted octanol–water partition coefficient (Wildman–Crippen LogP) is 2.88. The van der Waals surface area contributed by atoms with Crippen LogP contribution in [0.1, 0.15) is 65.8 Å². The van der Waals surface area contributed by atoms with Crippen molar-refractivity contribution in [2.45, 2.75) is 52.5 Å². The van der Waals surface area contributed by atoms with E-state index in [1.165, 1.54) is 25.2 Å². The summed E-state index contributed by atoms with van der Waals surface area (Å²) in [6, 6.07) is 2.87. The molecular formula is C23H31N3O4S. The van der Waals surface area contributed by atoms with E-state index in [-0.39, 0.29) is 28.9 Å². The summed E-state index contributed by atoms with van der Waals surface area (Å²) in [4.78, 5) is 53.8. The zero-order chi connectivity index (χ0) is 22.8. The van der Waals surface area contributed by atoms with Gasteiger partial charge in [-0.2, -0.15) is 0 Å². The van der Waals surface area contributed by atoms with Gasteiger partial charge in [0.2, 0.25) is 11.8 Å². The minimum absolute atomic E-state index is 0.0227. The van der Waals surface area contributed by atoms with Crippen LogP contribution < -0.4 is 5.32 Å². The highest BCUT2D eigenvalue weighted by atomic mass is 32.1. The van der Waals surface area contributed by atoms with Gasteiger partial charge in [0.1, 0.15) is 6.04 Å². The van der Waals surface area contributed by atoms with Crippen LogP contribution in [0.25, 0.3) is 0 Å². The number of piperidine rings is 1. The summed E-state index contributed by atoms with van der Waals surface area (Å²) in [6.07, 6.45) is 3.04. The highest BCUT2D eigenvalue weighted by molar-refractivity contribution is 7.15. The van der Waals surface area contributed by atoms with Crippen LogP contribution in [-0.4, -0.2) is 65.5 Å². The summed E-state index contributed by atoms with van der Waals surface area (Å²) < 4.78 is 0. The lowest BCUT2D eigenvalue weighted by Crippen LogP contribution is -2.49. The Hall–Kier alpha value is -2.48. The lowest BCUT2D eigenvalue weighted by molar-refractivity contribution is -0.135. The standard InChI is InChI=1S/C23H31N3O4S/c1-15(2)13-18(24-17(4)28)21(29)26-12-9-23(14-26)7-10-25(11-8-23)22(30)20-6-5-19(31-20)16(3)27/h5-6,18H,1,7-14H2,2-4H3,(H,24,28). The number of rotatable bonds is 6. The van der Waals surface area contributed by atoms with Crippen LogP contribution in [0.3, 0.4) is 0 Å². The fourth-order valence-corrected chi connectivity index (χ4v) is 5.40. The maximum absolute atomic E-state index is 13.0. The second-order valence-electron chi connectivity index (χ2n) is 8.94. The van der Waals surface area contributed by atoms with Crippen molar-refractivity contribution >= 4 is 34.8 Å². The molecule has 7 nitrogen and oxygen atoms in total. The van der Waals surface area contributed by atoms with Crippen LogP contribution in [0.15, 0.2) is 24.3 Å². The molecule has 8 heteroatoms. The molecule has 0 bridgehead atoms. The third kappa shape index (κ3) is 5.42. The smallest absolute Gasteiger partial charge is 0.263 e. The van der Waals surface area contributed by atoms with Crippen molar-refractivity contribution in [2.24, 2.45) is 5.41 Å². The number of carbonyl (C=O) groups excluding carboxylic acids is 4. The molecule has 2 aliphatic rings. The first-order valence-electron chi connectivity index (χ1n) is 10.7. The molecule has 1 aromatic rings. The Morgan fingerprint density at radius 3 is 2.13 bits per heavy atom. The van der Waals surface area contributed by atoms with Gasteiger partial charge in [0.25, 0.3) is 5.91 Å². The molecule has 31 heavy (non-hydrogen) atoms. The van der Waals surface area contributed by atoms with Gasteiger partial charge in [0.15, 0.2) is 5.78 Å². The summed E-state index contributed by atoms with van der Waals surface area (Å²) in [5, 5.41) is 2.76. The van der Waals surface area contributed by atoms with Crippen molar-refractivity contribution in [3.8, 4) is 0 Å². The van der Waals surface area contributed by atoms with E-state index in [1.54, 1.807) is 12.1 Å². The van der Waals surface area contributed by atoms with Gasteiger partial charge in [-0.15, -0.1) is 17.9 Å². The minimum Gasteiger partial charge on any atom is -0.344 e. The van der Waals surface area contributed by atoms with Crippen LogP contribution in [0.4, 0.5) is 0 Å². The summed E-state index contributed by atoms with van der Waals surface area (Å²) in [6.45, 7) is 11.3. The molecule has 0 saturated carbocycles. The number of hydrogen-bond donors (Lipinski definition) is 1. The van der Waals surface area contributed by atoms with E-state index >= 15 is 0 Å². The van der Waals surface area contributed by atoms with Gasteiger partial charge >= 0.3 is 0 Å². The molecule has 1 unspecified atom stereocenters. The Morgan fingerprint density at radius 2 is 1.61 bits per heavy atom. The van der Waals surface area contributed by atoms with Gasteiger partial charge in [0.05, 0.1) is 9.75 Å². The molecule has 2 saturated heterocycles. The van der Waals surface area contributed by atoms with Crippen molar-refractivity contribution in [3.05, 3.63) is 34.0 Å². The summed E-state index contributed by atoms with van der Waals surface area (Å²) in [7, 11) is 0. The molecule has 0 aliphatic carbocycles. The summed E-state index contributed by atoms with van der Waals surface area (Å²) >= 11 is 1.25. The molecule has 0 radical (unpaired) electrons. The molecule has 2 aliphatic heterocycles. The zero-order valence-corrected chi connectivity index (χ0v) is 19.3. The third-order valence-electron chi connectivity index (χ3n) is 6.25. The molecule has 1 N–H and O–H groups in total. The molecule has 2 fully saturated rings. The maximum Gasteiger partial charge on any atom is 0.263 e. The second-order valence-corrected chi connectivity index (χ2v) is 10.0. The van der Waals surface area contributed by atoms with E-state index in [9.17, 15) is 19.2 Å². The Bertz CT molecular complexity index is 882. The normalized spacial score (nSPS) is 18.7. The first kappa shape index (κ1) is 23.2. The van der Waals surface area contributed by atoms with E-state index in [0.717, 1.165) is 24.8 Å². The van der Waals surface area contributed by atoms with Crippen LogP contribution in [-0.2, 0) is 9.59 Å². The number of nitrogens with zero attached hydrogens (tertiary/aromatic N) is 2. The number of nitrogens with one attached hydrogen (secondary N) is 1. The van der Waals surface area contributed by atoms with E-state index in [0.29, 0.717) is 42.4 Å². The SMILES string of the molecule is C=C(C)CC(NC(C)=O)C(=O)N1CCC2(CCN(C(=O)c3ccc(C(C)=O)s3)CC2)C1. The fraction of sp³-hybridized carbons (Fsp3) is 0.565. The largest absolute Gasteiger partial charge is 0.344 e. The topological polar surface area (TPSA) is 86.8 Å². The number of likely N-dealkylation sites (tertiary alicyclic amines) is 2. The van der Waals surface area contributed by atoms with E-state index < -0.39 is 6.04 Å². The van der Waals surface area contributed by atoms with Crippen LogP contribution in [0, 0.1) is 5.41 Å². The van der Waals surface area contributed by atoms with Crippen LogP contribution >= 0.6 is 11.3 Å². The third-order valence-corrected chi connectivity index (χ3v) is 7.43. The maximum atomic E-state index is 13.0. The Balaban J connectivity index is 1.59. The average Bonchev–Trinajstić information content (AvgIpc) is 3.34. The van der Waals surface area contributed by atoms with E-state index in [4.69, 9.17) is 0 Å². The number of Topliss-reactive ketones (excluding diaryl/α,β-unsaturated/α-hetero) is 1. The minimum atomic E-state index is -0.568. The van der Waals surface area contributed by atoms with Gasteiger partial charge in [-0.1, -0.05) is 5.57 Å². The Labute approximate surface area is 187 Å². The highest BCUT2D eigenvalue weighted by Crippen LogP contribution is 2.41. The first-order valence-corrected chi connectivity index (χ1v) is 11.5. The zero-order valence-electron chi connectivity index (χ0n) is 18.5. The number of hydrogen-bond acceptors (Lipinski definition) is 5. The monoisotopic (exact) mass is 445 g/mol. The predicted molar refractivity (Wildman–Crippen MR) is 120 cm³/mol. The van der Waals surface area contributed by atoms with Crippen molar-refractivity contribution in [3.63, 3.8) is 0 Å². The van der Waals surface area contributed by atoms with Gasteiger partial charge in [-0.25, -0.2) is 0 Å². The fourth-order valence-electron chi connectivity index (χ4n) is 4.53. The number of amides is 3. The quantitative estimate of drug-likeness (QED) is 0.539. The number of thiophene rings is 1. The van der Waals surface area contributed by atoms with Crippen molar-refractivity contribution in [1.82, 2.24) is 15.1 Å². The molecule has 168 valence electrons. The molecule has 3 rings (SSSR count). The lowest BCUT2D eigenvalue weighted by atomic mass is 9.77. The molecule has 3 amide bonds. The highest BCUT2D eigenvalue weighted by Gasteiger charge is 2.44. The van der Waals surface area contributed by atoms with Gasteiger partial charge in [-0.05, 0) is 57.1 Å². The summed E-state index contributed by atoms with van der Waals surface area (Å²) in [5.74, 6) is -0.321. The molecule has 1 aromatic heterocycles. The second kappa shape index (κ2) is 9.34. The van der Waals surface area contributed by atoms with Gasteiger partial charge in [-0.3, -0.25) is 19.2 Å². The molecule has 0 aromatic carbocycles. The van der Waals surface area contributed by atoms with Crippen molar-refractivity contribution < 1.29 is 19.2 Å². The molecule has 1 atom stereocenters.